The molecule has 0 spiro atoms. The molecule has 74 valence electrons. The molecule has 0 unspecified atom stereocenters. The summed E-state index contributed by atoms with van der Waals surface area (Å²) in [6.07, 6.45) is 0.0366. The number of aromatic carboxylic acids is 1. The minimum atomic E-state index is -2.79. The van der Waals surface area contributed by atoms with E-state index < -0.39 is 11.9 Å². The molecule has 0 aliphatic heterocycles. The van der Waals surface area contributed by atoms with Crippen LogP contribution in [-0.4, -0.2) is 11.1 Å². The van der Waals surface area contributed by atoms with Gasteiger partial charge in [-0.05, 0) is 24.1 Å². The summed E-state index contributed by atoms with van der Waals surface area (Å²) in [5.74, 6) is -3.87. The third kappa shape index (κ3) is 1.27. The highest BCUT2D eigenvalue weighted by atomic mass is 19.3. The van der Waals surface area contributed by atoms with Crippen LogP contribution in [0.1, 0.15) is 27.9 Å². The van der Waals surface area contributed by atoms with Crippen LogP contribution in [0.15, 0.2) is 18.2 Å². The Hall–Kier alpha value is -1.45. The lowest BCUT2D eigenvalue weighted by Gasteiger charge is -2.09. The van der Waals surface area contributed by atoms with Gasteiger partial charge in [0.05, 0.1) is 5.56 Å². The maximum absolute atomic E-state index is 13.1. The van der Waals surface area contributed by atoms with E-state index in [0.29, 0.717) is 5.56 Å². The molecule has 1 aromatic rings. The van der Waals surface area contributed by atoms with Crippen LogP contribution in [0, 0.1) is 0 Å². The number of benzene rings is 1. The van der Waals surface area contributed by atoms with Gasteiger partial charge in [-0.25, -0.2) is 13.6 Å². The van der Waals surface area contributed by atoms with E-state index in [2.05, 4.69) is 0 Å². The lowest BCUT2D eigenvalue weighted by atomic mass is 10.1. The maximum atomic E-state index is 13.1. The number of carboxylic acid groups (broad SMARTS) is 1. The van der Waals surface area contributed by atoms with Crippen molar-refractivity contribution < 1.29 is 18.7 Å². The van der Waals surface area contributed by atoms with Gasteiger partial charge in [0.25, 0.3) is 5.92 Å². The van der Waals surface area contributed by atoms with E-state index in [4.69, 9.17) is 5.11 Å². The maximum Gasteiger partial charge on any atom is 0.335 e. The third-order valence-electron chi connectivity index (χ3n) is 2.45. The van der Waals surface area contributed by atoms with Crippen molar-refractivity contribution in [2.45, 2.75) is 18.8 Å². The molecule has 1 N–H and O–H groups in total. The van der Waals surface area contributed by atoms with Gasteiger partial charge in [0, 0.05) is 12.0 Å². The number of hydrogen-bond acceptors (Lipinski definition) is 1. The van der Waals surface area contributed by atoms with E-state index in [1.807, 2.05) is 0 Å². The highest BCUT2D eigenvalue weighted by Gasteiger charge is 2.39. The summed E-state index contributed by atoms with van der Waals surface area (Å²) in [6, 6.07) is 3.77. The molecule has 0 saturated heterocycles. The number of aryl methyl sites for hydroxylation is 1. The SMILES string of the molecule is O=C(O)c1ccc2c(c1)CCC2(F)F. The number of rotatable bonds is 1. The molecule has 0 aromatic heterocycles. The summed E-state index contributed by atoms with van der Waals surface area (Å²) in [5.41, 5.74) is 0.499. The van der Waals surface area contributed by atoms with E-state index >= 15 is 0 Å². The summed E-state index contributed by atoms with van der Waals surface area (Å²) < 4.78 is 26.2. The van der Waals surface area contributed by atoms with Gasteiger partial charge in [-0.1, -0.05) is 6.07 Å². The minimum Gasteiger partial charge on any atom is -0.478 e. The van der Waals surface area contributed by atoms with E-state index in [9.17, 15) is 13.6 Å². The van der Waals surface area contributed by atoms with Crippen molar-refractivity contribution in [2.24, 2.45) is 0 Å². The molecule has 2 rings (SSSR count). The van der Waals surface area contributed by atoms with Gasteiger partial charge in [-0.3, -0.25) is 0 Å². The molecule has 1 aromatic carbocycles. The molecule has 0 bridgehead atoms. The molecule has 0 heterocycles. The molecule has 0 atom stereocenters. The second kappa shape index (κ2) is 2.77. The first-order valence-electron chi connectivity index (χ1n) is 4.25. The smallest absolute Gasteiger partial charge is 0.335 e. The Balaban J connectivity index is 2.49. The second-order valence-electron chi connectivity index (χ2n) is 3.38. The molecule has 0 saturated carbocycles. The largest absolute Gasteiger partial charge is 0.478 e. The van der Waals surface area contributed by atoms with Gasteiger partial charge in [0.15, 0.2) is 0 Å². The molecule has 2 nitrogen and oxygen atoms in total. The predicted octanol–water partition coefficient (Wildman–Crippen LogP) is 2.42. The number of carbonyl (C=O) groups is 1. The summed E-state index contributed by atoms with van der Waals surface area (Å²) in [5, 5.41) is 8.66. The average molecular weight is 198 g/mol. The van der Waals surface area contributed by atoms with Gasteiger partial charge in [0.1, 0.15) is 0 Å². The summed E-state index contributed by atoms with van der Waals surface area (Å²) in [7, 11) is 0. The van der Waals surface area contributed by atoms with Crippen LogP contribution >= 0.6 is 0 Å². The van der Waals surface area contributed by atoms with Gasteiger partial charge < -0.3 is 5.11 Å². The minimum absolute atomic E-state index is 0.0255. The highest BCUT2D eigenvalue weighted by Crippen LogP contribution is 2.41. The van der Waals surface area contributed by atoms with Crippen molar-refractivity contribution in [3.63, 3.8) is 0 Å². The van der Waals surface area contributed by atoms with Crippen molar-refractivity contribution in [3.05, 3.63) is 34.9 Å². The van der Waals surface area contributed by atoms with Crippen LogP contribution in [0.3, 0.4) is 0 Å². The summed E-state index contributed by atoms with van der Waals surface area (Å²) in [6.45, 7) is 0. The highest BCUT2D eigenvalue weighted by molar-refractivity contribution is 5.88. The zero-order valence-electron chi connectivity index (χ0n) is 7.26. The number of hydrogen-bond donors (Lipinski definition) is 1. The molecular formula is C10H8F2O2. The normalized spacial score (nSPS) is 17.9. The zero-order chi connectivity index (χ0) is 10.3. The number of alkyl halides is 2. The lowest BCUT2D eigenvalue weighted by Crippen LogP contribution is -2.07. The van der Waals surface area contributed by atoms with Gasteiger partial charge in [0.2, 0.25) is 0 Å². The van der Waals surface area contributed by atoms with Crippen molar-refractivity contribution in [1.82, 2.24) is 0 Å². The van der Waals surface area contributed by atoms with Gasteiger partial charge >= 0.3 is 5.97 Å². The van der Waals surface area contributed by atoms with Crippen LogP contribution < -0.4 is 0 Å². The van der Waals surface area contributed by atoms with Crippen molar-refractivity contribution in [3.8, 4) is 0 Å². The Bertz CT molecular complexity index is 399. The number of fused-ring (bicyclic) bond motifs is 1. The van der Waals surface area contributed by atoms with Crippen molar-refractivity contribution >= 4 is 5.97 Å². The van der Waals surface area contributed by atoms with Crippen LogP contribution in [0.25, 0.3) is 0 Å². The van der Waals surface area contributed by atoms with Crippen LogP contribution in [0.4, 0.5) is 8.78 Å². The zero-order valence-corrected chi connectivity index (χ0v) is 7.26. The molecule has 1 aliphatic rings. The first-order chi connectivity index (χ1) is 6.50. The Labute approximate surface area is 79.2 Å². The van der Waals surface area contributed by atoms with Crippen LogP contribution in [0.5, 0.6) is 0 Å². The molecule has 4 heteroatoms. The van der Waals surface area contributed by atoms with Gasteiger partial charge in [-0.15, -0.1) is 0 Å². The molecule has 0 amide bonds. The summed E-state index contributed by atoms with van der Waals surface area (Å²) in [4.78, 5) is 10.6. The monoisotopic (exact) mass is 198 g/mol. The van der Waals surface area contributed by atoms with Crippen molar-refractivity contribution in [1.29, 1.82) is 0 Å². The molecule has 0 radical (unpaired) electrons. The molecule has 1 aliphatic carbocycles. The van der Waals surface area contributed by atoms with Crippen LogP contribution in [-0.2, 0) is 12.3 Å². The fourth-order valence-electron chi connectivity index (χ4n) is 1.72. The fraction of sp³-hybridized carbons (Fsp3) is 0.300. The quantitative estimate of drug-likeness (QED) is 0.752. The van der Waals surface area contributed by atoms with Crippen LogP contribution in [0.2, 0.25) is 0 Å². The Kier molecular flexibility index (Phi) is 1.80. The topological polar surface area (TPSA) is 37.3 Å². The Morgan fingerprint density at radius 2 is 2.14 bits per heavy atom. The molecule has 0 fully saturated rings. The number of carboxylic acids is 1. The van der Waals surface area contributed by atoms with E-state index in [0.717, 1.165) is 0 Å². The average Bonchev–Trinajstić information content (AvgIpc) is 2.42. The molecular weight excluding hydrogens is 190 g/mol. The van der Waals surface area contributed by atoms with Crippen molar-refractivity contribution in [2.75, 3.05) is 0 Å². The Morgan fingerprint density at radius 3 is 2.79 bits per heavy atom. The Morgan fingerprint density at radius 1 is 1.43 bits per heavy atom. The van der Waals surface area contributed by atoms with E-state index in [-0.39, 0.29) is 24.0 Å². The molecule has 14 heavy (non-hydrogen) atoms. The second-order valence-corrected chi connectivity index (χ2v) is 3.38. The first-order valence-corrected chi connectivity index (χ1v) is 4.25. The fourth-order valence-corrected chi connectivity index (χ4v) is 1.72. The van der Waals surface area contributed by atoms with E-state index in [1.165, 1.54) is 18.2 Å². The van der Waals surface area contributed by atoms with Gasteiger partial charge in [-0.2, -0.15) is 0 Å². The third-order valence-corrected chi connectivity index (χ3v) is 2.45. The number of halogens is 2. The first kappa shape index (κ1) is 9.12. The van der Waals surface area contributed by atoms with E-state index in [1.54, 1.807) is 0 Å². The summed E-state index contributed by atoms with van der Waals surface area (Å²) >= 11 is 0. The standard InChI is InChI=1S/C10H8F2O2/c11-10(12)4-3-6-5-7(9(13)14)1-2-8(6)10/h1-2,5H,3-4H2,(H,13,14). The lowest BCUT2D eigenvalue weighted by molar-refractivity contribution is -0.00187. The predicted molar refractivity (Wildman–Crippen MR) is 45.6 cm³/mol.